The van der Waals surface area contributed by atoms with Crippen molar-refractivity contribution in [2.75, 3.05) is 19.8 Å². The number of carboxylic acid groups (broad SMARTS) is 1. The zero-order valence-corrected chi connectivity index (χ0v) is 30.9. The van der Waals surface area contributed by atoms with Crippen LogP contribution >= 0.6 is 0 Å². The Hall–Kier alpha value is -4.60. The average molecular weight is 754 g/mol. The van der Waals surface area contributed by atoms with Crippen LogP contribution in [0.2, 0.25) is 0 Å². The lowest BCUT2D eigenvalue weighted by Gasteiger charge is -2.33. The first-order valence-corrected chi connectivity index (χ1v) is 19.9. The molecule has 1 aromatic heterocycles. The van der Waals surface area contributed by atoms with Gasteiger partial charge in [0.1, 0.15) is 36.9 Å². The summed E-state index contributed by atoms with van der Waals surface area (Å²) in [5.41, 5.74) is -1.55. The van der Waals surface area contributed by atoms with Crippen LogP contribution in [0.5, 0.6) is 17.4 Å². The van der Waals surface area contributed by atoms with Crippen molar-refractivity contribution in [2.45, 2.75) is 101 Å². The van der Waals surface area contributed by atoms with E-state index in [4.69, 9.17) is 14.2 Å². The average Bonchev–Trinajstić information content (AvgIpc) is 4.01. The van der Waals surface area contributed by atoms with E-state index < -0.39 is 68.2 Å². The lowest BCUT2D eigenvalue weighted by molar-refractivity contribution is -0.142. The van der Waals surface area contributed by atoms with Gasteiger partial charge in [-0.05, 0) is 75.5 Å². The van der Waals surface area contributed by atoms with E-state index in [-0.39, 0.29) is 37.1 Å². The van der Waals surface area contributed by atoms with E-state index in [2.05, 4.69) is 20.3 Å². The molecular weight excluding hydrogens is 706 g/mol. The maximum Gasteiger partial charge on any atom is 0.405 e. The fourth-order valence-electron chi connectivity index (χ4n) is 7.94. The SMILES string of the molecule is CC[C@@H]1C[C@H](C)CC/C=C\[C@@H]2C[C@@]2(C(=O)NS(=O)(=O)C2(C)CC2)NC(=O)[C@@H]2C[C@@H](Oc3nccc4c5c(ccc34)OCCO5)CN2C(=O)[C@H]1NC(=O)O. The molecule has 0 radical (unpaired) electrons. The number of aromatic nitrogens is 1. The summed E-state index contributed by atoms with van der Waals surface area (Å²) in [5.74, 6) is -1.35. The third kappa shape index (κ3) is 7.09. The maximum atomic E-state index is 14.6. The van der Waals surface area contributed by atoms with Crippen molar-refractivity contribution >= 4 is 44.6 Å². The van der Waals surface area contributed by atoms with Gasteiger partial charge < -0.3 is 34.9 Å². The molecule has 1 saturated heterocycles. The van der Waals surface area contributed by atoms with Crippen LogP contribution in [0.4, 0.5) is 4.79 Å². The number of rotatable bonds is 7. The Morgan fingerprint density at radius 1 is 1.13 bits per heavy atom. The number of amides is 4. The van der Waals surface area contributed by atoms with E-state index in [1.54, 1.807) is 31.3 Å². The highest BCUT2D eigenvalue weighted by Gasteiger charge is 2.63. The van der Waals surface area contributed by atoms with Gasteiger partial charge in [-0.3, -0.25) is 19.1 Å². The molecule has 4 heterocycles. The molecule has 2 aromatic rings. The molecule has 7 atom stereocenters. The molecule has 286 valence electrons. The third-order valence-corrected chi connectivity index (χ3v) is 13.7. The number of ether oxygens (including phenoxy) is 3. The van der Waals surface area contributed by atoms with Crippen LogP contribution < -0.4 is 29.6 Å². The summed E-state index contributed by atoms with van der Waals surface area (Å²) in [4.78, 5) is 60.7. The van der Waals surface area contributed by atoms with Crippen molar-refractivity contribution in [3.8, 4) is 17.4 Å². The van der Waals surface area contributed by atoms with E-state index in [0.29, 0.717) is 62.2 Å². The van der Waals surface area contributed by atoms with Crippen molar-refractivity contribution in [2.24, 2.45) is 17.8 Å². The zero-order chi connectivity index (χ0) is 37.7. The molecular formula is C37H47N5O10S. The van der Waals surface area contributed by atoms with Gasteiger partial charge in [0, 0.05) is 29.3 Å². The summed E-state index contributed by atoms with van der Waals surface area (Å²) in [6.45, 7) is 6.26. The molecule has 4 amide bonds. The molecule has 3 fully saturated rings. The van der Waals surface area contributed by atoms with Gasteiger partial charge in [-0.15, -0.1) is 0 Å². The van der Waals surface area contributed by atoms with Gasteiger partial charge in [0.25, 0.3) is 5.91 Å². The fraction of sp³-hybridized carbons (Fsp3) is 0.595. The summed E-state index contributed by atoms with van der Waals surface area (Å²) in [5, 5.41) is 16.5. The van der Waals surface area contributed by atoms with Crippen LogP contribution in [-0.2, 0) is 24.4 Å². The molecule has 53 heavy (non-hydrogen) atoms. The number of carbonyl (C=O) groups is 4. The highest BCUT2D eigenvalue weighted by Crippen LogP contribution is 2.48. The van der Waals surface area contributed by atoms with Crippen molar-refractivity contribution in [1.82, 2.24) is 25.2 Å². The Bertz CT molecular complexity index is 1950. The van der Waals surface area contributed by atoms with Gasteiger partial charge in [0.2, 0.25) is 27.7 Å². The molecule has 1 aromatic carbocycles. The molecule has 15 nitrogen and oxygen atoms in total. The lowest BCUT2D eigenvalue weighted by atomic mass is 9.85. The Kier molecular flexibility index (Phi) is 9.70. The molecule has 0 unspecified atom stereocenters. The number of benzene rings is 1. The quantitative estimate of drug-likeness (QED) is 0.303. The summed E-state index contributed by atoms with van der Waals surface area (Å²) in [7, 11) is -4.01. The number of carbonyl (C=O) groups excluding carboxylic acids is 3. The van der Waals surface area contributed by atoms with Crippen LogP contribution in [0.3, 0.4) is 0 Å². The zero-order valence-electron chi connectivity index (χ0n) is 30.1. The van der Waals surface area contributed by atoms with E-state index in [0.717, 1.165) is 11.8 Å². The van der Waals surface area contributed by atoms with E-state index in [9.17, 15) is 32.7 Å². The molecule has 4 N–H and O–H groups in total. The molecule has 5 aliphatic rings. The second kappa shape index (κ2) is 14.0. The maximum absolute atomic E-state index is 14.6. The highest BCUT2D eigenvalue weighted by molar-refractivity contribution is 7.91. The predicted octanol–water partition coefficient (Wildman–Crippen LogP) is 3.27. The smallest absolute Gasteiger partial charge is 0.405 e. The van der Waals surface area contributed by atoms with Crippen molar-refractivity contribution in [3.05, 3.63) is 36.5 Å². The standard InChI is InChI=1S/C37H47N5O10S/c1-4-22-17-21(2)7-5-6-8-23-19-37(23,34(45)41-53(48,49)36(3)12-13-36)40-31(43)27-18-24(20-42(27)33(44)29(22)39-35(46)47)52-32-26-9-10-28-30(51-16-15-50-28)25(26)11-14-38-32/h6,8-11,14,21-24,27,29,39H,4-5,7,12-13,15-20H2,1-3H3,(H,40,43)(H,41,45)(H,46,47)/b8-6-/t21-,22-,23-,24-,27+,29+,37-/m1/s1. The first-order valence-electron chi connectivity index (χ1n) is 18.4. The summed E-state index contributed by atoms with van der Waals surface area (Å²) >= 11 is 0. The number of nitrogens with one attached hydrogen (secondary N) is 3. The number of pyridine rings is 1. The van der Waals surface area contributed by atoms with Gasteiger partial charge in [0.05, 0.1) is 11.3 Å². The Balaban J connectivity index is 1.22. The number of sulfonamides is 1. The molecule has 3 aliphatic heterocycles. The Morgan fingerprint density at radius 2 is 1.91 bits per heavy atom. The molecule has 16 heteroatoms. The van der Waals surface area contributed by atoms with Crippen molar-refractivity contribution in [1.29, 1.82) is 0 Å². The van der Waals surface area contributed by atoms with Crippen molar-refractivity contribution in [3.63, 3.8) is 0 Å². The number of nitrogens with zero attached hydrogens (tertiary/aromatic N) is 2. The Morgan fingerprint density at radius 3 is 2.64 bits per heavy atom. The Labute approximate surface area is 308 Å². The van der Waals surface area contributed by atoms with E-state index in [1.807, 2.05) is 26.0 Å². The minimum Gasteiger partial charge on any atom is -0.486 e. The number of hydrogen-bond donors (Lipinski definition) is 4. The number of hydrogen-bond acceptors (Lipinski definition) is 10. The summed E-state index contributed by atoms with van der Waals surface area (Å²) in [6.07, 6.45) is 6.76. The predicted molar refractivity (Wildman–Crippen MR) is 192 cm³/mol. The minimum atomic E-state index is -4.01. The van der Waals surface area contributed by atoms with Crippen LogP contribution in [0, 0.1) is 17.8 Å². The molecule has 7 rings (SSSR count). The molecule has 0 spiro atoms. The van der Waals surface area contributed by atoms with Gasteiger partial charge in [-0.1, -0.05) is 32.4 Å². The first-order chi connectivity index (χ1) is 25.2. The lowest BCUT2D eigenvalue weighted by Crippen LogP contribution is -2.59. The molecule has 2 saturated carbocycles. The van der Waals surface area contributed by atoms with Crippen molar-refractivity contribution < 1.29 is 46.9 Å². The van der Waals surface area contributed by atoms with Gasteiger partial charge in [0.15, 0.2) is 11.5 Å². The minimum absolute atomic E-state index is 0.00174. The monoisotopic (exact) mass is 753 g/mol. The second-order valence-corrected chi connectivity index (χ2v) is 17.6. The van der Waals surface area contributed by atoms with E-state index in [1.165, 1.54) is 4.90 Å². The van der Waals surface area contributed by atoms with Gasteiger partial charge >= 0.3 is 6.09 Å². The van der Waals surface area contributed by atoms with Crippen LogP contribution in [0.1, 0.15) is 72.1 Å². The van der Waals surface area contributed by atoms with Crippen LogP contribution in [0.15, 0.2) is 36.5 Å². The largest absolute Gasteiger partial charge is 0.486 e. The molecule has 2 aliphatic carbocycles. The van der Waals surface area contributed by atoms with Crippen LogP contribution in [0.25, 0.3) is 10.8 Å². The number of fused-ring (bicyclic) bond motifs is 5. The highest BCUT2D eigenvalue weighted by atomic mass is 32.2. The van der Waals surface area contributed by atoms with Gasteiger partial charge in [-0.25, -0.2) is 18.2 Å². The van der Waals surface area contributed by atoms with Crippen LogP contribution in [-0.4, -0.2) is 95.5 Å². The summed E-state index contributed by atoms with van der Waals surface area (Å²) in [6, 6.07) is 3.04. The topological polar surface area (TPSA) is 203 Å². The third-order valence-electron chi connectivity index (χ3n) is 11.6. The first kappa shape index (κ1) is 36.7. The van der Waals surface area contributed by atoms with E-state index >= 15 is 0 Å². The normalized spacial score (nSPS) is 31.5. The summed E-state index contributed by atoms with van der Waals surface area (Å²) < 4.78 is 45.5. The second-order valence-electron chi connectivity index (χ2n) is 15.4. The molecule has 0 bridgehead atoms. The fourth-order valence-corrected chi connectivity index (χ4v) is 9.25. The van der Waals surface area contributed by atoms with Gasteiger partial charge in [-0.2, -0.15) is 0 Å². The number of allylic oxidation sites excluding steroid dienone is 1.